The smallest absolute Gasteiger partial charge is 0.308 e. The van der Waals surface area contributed by atoms with E-state index in [9.17, 15) is 14.4 Å². The zero-order valence-corrected chi connectivity index (χ0v) is 15.3. The highest BCUT2D eigenvalue weighted by molar-refractivity contribution is 5.80. The van der Waals surface area contributed by atoms with E-state index in [-0.39, 0.29) is 17.9 Å². The van der Waals surface area contributed by atoms with Crippen LogP contribution in [-0.4, -0.2) is 58.4 Å². The second kappa shape index (κ2) is 10.3. The minimum atomic E-state index is -0.829. The fourth-order valence-electron chi connectivity index (χ4n) is 3.25. The molecule has 1 heterocycles. The first-order chi connectivity index (χ1) is 11.4. The van der Waals surface area contributed by atoms with Crippen LogP contribution in [0.25, 0.3) is 0 Å². The van der Waals surface area contributed by atoms with Crippen LogP contribution in [-0.2, 0) is 14.4 Å². The molecular formula is C18H32N2O4. The molecule has 2 atom stereocenters. The minimum absolute atomic E-state index is 0.0289. The van der Waals surface area contributed by atoms with Gasteiger partial charge in [0.05, 0.1) is 5.92 Å². The summed E-state index contributed by atoms with van der Waals surface area (Å²) in [7, 11) is 0. The van der Waals surface area contributed by atoms with Crippen LogP contribution in [0.15, 0.2) is 0 Å². The predicted octanol–water partition coefficient (Wildman–Crippen LogP) is 2.52. The lowest BCUT2D eigenvalue weighted by Crippen LogP contribution is -2.47. The Morgan fingerprint density at radius 2 is 1.71 bits per heavy atom. The quantitative estimate of drug-likeness (QED) is 0.699. The van der Waals surface area contributed by atoms with Crippen molar-refractivity contribution in [3.8, 4) is 0 Å². The molecule has 1 N–H and O–H groups in total. The number of aliphatic carboxylic acids is 1. The average Bonchev–Trinajstić information content (AvgIpc) is 2.54. The number of carbonyl (C=O) groups is 3. The number of hydrogen-bond acceptors (Lipinski definition) is 3. The Bertz CT molecular complexity index is 433. The van der Waals surface area contributed by atoms with Crippen LogP contribution in [0, 0.1) is 5.92 Å². The van der Waals surface area contributed by atoms with Crippen molar-refractivity contribution in [3.05, 3.63) is 0 Å². The van der Waals surface area contributed by atoms with E-state index >= 15 is 0 Å². The van der Waals surface area contributed by atoms with Crippen molar-refractivity contribution in [3.63, 3.8) is 0 Å². The minimum Gasteiger partial charge on any atom is -0.481 e. The molecule has 24 heavy (non-hydrogen) atoms. The van der Waals surface area contributed by atoms with Crippen molar-refractivity contribution in [2.45, 2.75) is 71.8 Å². The van der Waals surface area contributed by atoms with Crippen molar-refractivity contribution in [1.82, 2.24) is 9.80 Å². The second-order valence-electron chi connectivity index (χ2n) is 6.74. The van der Waals surface area contributed by atoms with Crippen molar-refractivity contribution in [2.24, 2.45) is 5.92 Å². The maximum Gasteiger partial charge on any atom is 0.308 e. The molecule has 0 aromatic heterocycles. The van der Waals surface area contributed by atoms with Crippen LogP contribution in [0.3, 0.4) is 0 Å². The Balaban J connectivity index is 2.44. The molecule has 2 unspecified atom stereocenters. The van der Waals surface area contributed by atoms with Gasteiger partial charge in [-0.05, 0) is 39.0 Å². The molecule has 6 heteroatoms. The lowest BCUT2D eigenvalue weighted by Gasteiger charge is -2.36. The molecule has 0 aromatic carbocycles. The Hall–Kier alpha value is -1.59. The first-order valence-electron chi connectivity index (χ1n) is 9.20. The van der Waals surface area contributed by atoms with Gasteiger partial charge in [-0.1, -0.05) is 13.8 Å². The van der Waals surface area contributed by atoms with Gasteiger partial charge in [0.25, 0.3) is 0 Å². The summed E-state index contributed by atoms with van der Waals surface area (Å²) >= 11 is 0. The Labute approximate surface area is 145 Å². The van der Waals surface area contributed by atoms with Gasteiger partial charge in [0.15, 0.2) is 0 Å². The molecule has 1 rings (SSSR count). The molecule has 0 spiro atoms. The van der Waals surface area contributed by atoms with Crippen LogP contribution in [0.4, 0.5) is 0 Å². The summed E-state index contributed by atoms with van der Waals surface area (Å²) in [5, 5.41) is 9.15. The molecule has 0 saturated carbocycles. The van der Waals surface area contributed by atoms with E-state index in [4.69, 9.17) is 5.11 Å². The van der Waals surface area contributed by atoms with E-state index in [1.807, 2.05) is 11.8 Å². The highest BCUT2D eigenvalue weighted by atomic mass is 16.4. The van der Waals surface area contributed by atoms with Crippen molar-refractivity contribution < 1.29 is 19.5 Å². The highest BCUT2D eigenvalue weighted by Gasteiger charge is 2.32. The molecular weight excluding hydrogens is 308 g/mol. The molecule has 2 amide bonds. The third kappa shape index (κ3) is 6.13. The largest absolute Gasteiger partial charge is 0.481 e. The number of carbonyl (C=O) groups excluding carboxylic acids is 2. The van der Waals surface area contributed by atoms with Crippen LogP contribution in [0.5, 0.6) is 0 Å². The lowest BCUT2D eigenvalue weighted by molar-refractivity contribution is -0.147. The van der Waals surface area contributed by atoms with Gasteiger partial charge in [0, 0.05) is 38.5 Å². The van der Waals surface area contributed by atoms with E-state index < -0.39 is 11.9 Å². The van der Waals surface area contributed by atoms with Gasteiger partial charge < -0.3 is 14.9 Å². The molecule has 0 aromatic rings. The number of carboxylic acids is 1. The first kappa shape index (κ1) is 20.5. The number of nitrogens with zero attached hydrogens (tertiary/aromatic N) is 2. The summed E-state index contributed by atoms with van der Waals surface area (Å²) in [6.07, 6.45) is 4.45. The summed E-state index contributed by atoms with van der Waals surface area (Å²) in [6.45, 7) is 7.90. The van der Waals surface area contributed by atoms with Crippen LogP contribution in [0.1, 0.15) is 65.7 Å². The van der Waals surface area contributed by atoms with Crippen molar-refractivity contribution >= 4 is 17.8 Å². The summed E-state index contributed by atoms with van der Waals surface area (Å²) in [4.78, 5) is 39.3. The van der Waals surface area contributed by atoms with Gasteiger partial charge >= 0.3 is 5.97 Å². The van der Waals surface area contributed by atoms with E-state index in [2.05, 4.69) is 13.8 Å². The van der Waals surface area contributed by atoms with E-state index in [0.717, 1.165) is 32.4 Å². The van der Waals surface area contributed by atoms with Crippen LogP contribution < -0.4 is 0 Å². The monoisotopic (exact) mass is 340 g/mol. The van der Waals surface area contributed by atoms with Crippen LogP contribution in [0.2, 0.25) is 0 Å². The number of hydrogen-bond donors (Lipinski definition) is 1. The number of amides is 2. The highest BCUT2D eigenvalue weighted by Crippen LogP contribution is 2.23. The third-order valence-electron chi connectivity index (χ3n) is 4.67. The van der Waals surface area contributed by atoms with Crippen molar-refractivity contribution in [1.29, 1.82) is 0 Å². The molecule has 138 valence electrons. The fraction of sp³-hybridized carbons (Fsp3) is 0.833. The maximum absolute atomic E-state index is 12.4. The first-order valence-corrected chi connectivity index (χ1v) is 9.20. The summed E-state index contributed by atoms with van der Waals surface area (Å²) in [5.41, 5.74) is 0. The Morgan fingerprint density at radius 3 is 2.25 bits per heavy atom. The summed E-state index contributed by atoms with van der Waals surface area (Å²) in [5.74, 6) is -1.21. The van der Waals surface area contributed by atoms with Crippen LogP contribution >= 0.6 is 0 Å². The molecule has 1 aliphatic rings. The Kier molecular flexibility index (Phi) is 8.79. The molecule has 1 saturated heterocycles. The normalized spacial score (nSPS) is 20.7. The fourth-order valence-corrected chi connectivity index (χ4v) is 3.25. The second-order valence-corrected chi connectivity index (χ2v) is 6.74. The van der Waals surface area contributed by atoms with Gasteiger partial charge in [-0.15, -0.1) is 0 Å². The standard InChI is InChI=1S/C18H32N2O4/c1-4-11-19(12-5-2)16(21)7-6-8-17(22)20-13-15(18(23)24)10-9-14(20)3/h14-15H,4-13H2,1-3H3,(H,23,24). The molecule has 0 radical (unpaired) electrons. The summed E-state index contributed by atoms with van der Waals surface area (Å²) < 4.78 is 0. The Morgan fingerprint density at radius 1 is 1.08 bits per heavy atom. The molecule has 0 aliphatic carbocycles. The lowest BCUT2D eigenvalue weighted by atomic mass is 9.93. The number of piperidine rings is 1. The molecule has 0 bridgehead atoms. The number of rotatable bonds is 9. The van der Waals surface area contributed by atoms with Gasteiger partial charge in [-0.25, -0.2) is 0 Å². The SMILES string of the molecule is CCCN(CCC)C(=O)CCCC(=O)N1CC(C(=O)O)CCC1C. The molecule has 1 fully saturated rings. The molecule has 1 aliphatic heterocycles. The van der Waals surface area contributed by atoms with Gasteiger partial charge in [-0.2, -0.15) is 0 Å². The van der Waals surface area contributed by atoms with Gasteiger partial charge in [0.2, 0.25) is 11.8 Å². The van der Waals surface area contributed by atoms with E-state index in [1.54, 1.807) is 4.90 Å². The van der Waals surface area contributed by atoms with Gasteiger partial charge in [0.1, 0.15) is 0 Å². The number of carboxylic acid groups (broad SMARTS) is 1. The topological polar surface area (TPSA) is 77.9 Å². The molecule has 6 nitrogen and oxygen atoms in total. The third-order valence-corrected chi connectivity index (χ3v) is 4.67. The van der Waals surface area contributed by atoms with E-state index in [1.165, 1.54) is 0 Å². The van der Waals surface area contributed by atoms with Gasteiger partial charge in [-0.3, -0.25) is 14.4 Å². The zero-order valence-electron chi connectivity index (χ0n) is 15.3. The van der Waals surface area contributed by atoms with E-state index in [0.29, 0.717) is 32.2 Å². The predicted molar refractivity (Wildman–Crippen MR) is 92.5 cm³/mol. The maximum atomic E-state index is 12.4. The summed E-state index contributed by atoms with van der Waals surface area (Å²) in [6, 6.07) is 0.0838. The van der Waals surface area contributed by atoms with Crippen molar-refractivity contribution in [2.75, 3.05) is 19.6 Å². The number of likely N-dealkylation sites (tertiary alicyclic amines) is 1. The average molecular weight is 340 g/mol. The zero-order chi connectivity index (χ0) is 18.1.